The Morgan fingerprint density at radius 1 is 1.54 bits per heavy atom. The highest BCUT2D eigenvalue weighted by molar-refractivity contribution is 4.94. The average Bonchev–Trinajstić information content (AvgIpc) is 2.84. The zero-order valence-corrected chi connectivity index (χ0v) is 8.84. The largest absolute Gasteiger partial charge is 0.389 e. The first kappa shape index (κ1) is 11.0. The minimum Gasteiger partial charge on any atom is -0.389 e. The molecule has 1 unspecified atom stereocenters. The molecule has 78 valence electrons. The van der Waals surface area contributed by atoms with E-state index in [-0.39, 0.29) is 11.6 Å². The Morgan fingerprint density at radius 2 is 2.15 bits per heavy atom. The Hall–Kier alpha value is -0.120. The van der Waals surface area contributed by atoms with Crippen LogP contribution in [-0.2, 0) is 4.74 Å². The van der Waals surface area contributed by atoms with E-state index < -0.39 is 0 Å². The van der Waals surface area contributed by atoms with Crippen molar-refractivity contribution in [2.24, 2.45) is 5.92 Å². The van der Waals surface area contributed by atoms with Gasteiger partial charge in [-0.2, -0.15) is 0 Å². The zero-order valence-electron chi connectivity index (χ0n) is 8.84. The summed E-state index contributed by atoms with van der Waals surface area (Å²) >= 11 is 0. The van der Waals surface area contributed by atoms with E-state index in [1.165, 1.54) is 12.8 Å². The third-order valence-electron chi connectivity index (χ3n) is 2.75. The summed E-state index contributed by atoms with van der Waals surface area (Å²) in [6.07, 6.45) is 2.25. The van der Waals surface area contributed by atoms with Crippen LogP contribution in [-0.4, -0.2) is 37.0 Å². The third-order valence-corrected chi connectivity index (χ3v) is 2.75. The number of aliphatic hydroxyl groups is 1. The predicted octanol–water partition coefficient (Wildman–Crippen LogP) is 0.772. The van der Waals surface area contributed by atoms with E-state index in [2.05, 4.69) is 19.2 Å². The quantitative estimate of drug-likeness (QED) is 0.645. The first-order valence-electron chi connectivity index (χ1n) is 4.98. The molecule has 0 heterocycles. The van der Waals surface area contributed by atoms with Crippen LogP contribution in [0.15, 0.2) is 0 Å². The second kappa shape index (κ2) is 4.40. The molecule has 0 aromatic heterocycles. The van der Waals surface area contributed by atoms with Crippen molar-refractivity contribution in [1.29, 1.82) is 0 Å². The van der Waals surface area contributed by atoms with Crippen molar-refractivity contribution in [3.8, 4) is 0 Å². The van der Waals surface area contributed by atoms with Crippen molar-refractivity contribution >= 4 is 0 Å². The van der Waals surface area contributed by atoms with E-state index in [0.29, 0.717) is 13.2 Å². The molecule has 2 N–H and O–H groups in total. The van der Waals surface area contributed by atoms with Gasteiger partial charge in [0.25, 0.3) is 0 Å². The van der Waals surface area contributed by atoms with E-state index in [1.807, 2.05) is 0 Å². The summed E-state index contributed by atoms with van der Waals surface area (Å²) in [7, 11) is 1.61. The van der Waals surface area contributed by atoms with Crippen LogP contribution < -0.4 is 5.32 Å². The Balaban J connectivity index is 2.16. The van der Waals surface area contributed by atoms with Crippen LogP contribution >= 0.6 is 0 Å². The molecule has 0 bridgehead atoms. The topological polar surface area (TPSA) is 41.5 Å². The summed E-state index contributed by atoms with van der Waals surface area (Å²) < 4.78 is 4.85. The molecule has 1 rings (SSSR count). The molecule has 13 heavy (non-hydrogen) atoms. The number of methoxy groups -OCH3 is 1. The second-order valence-electron chi connectivity index (χ2n) is 4.49. The molecule has 1 aliphatic carbocycles. The third kappa shape index (κ3) is 3.63. The lowest BCUT2D eigenvalue weighted by molar-refractivity contribution is 0.0587. The highest BCUT2D eigenvalue weighted by Crippen LogP contribution is 2.38. The van der Waals surface area contributed by atoms with Gasteiger partial charge in [-0.1, -0.05) is 0 Å². The van der Waals surface area contributed by atoms with Crippen molar-refractivity contribution in [3.63, 3.8) is 0 Å². The van der Waals surface area contributed by atoms with Gasteiger partial charge in [-0.15, -0.1) is 0 Å². The fourth-order valence-corrected chi connectivity index (χ4v) is 1.58. The lowest BCUT2D eigenvalue weighted by atomic mass is 9.98. The summed E-state index contributed by atoms with van der Waals surface area (Å²) in [6, 6.07) is 0. The van der Waals surface area contributed by atoms with E-state index in [4.69, 9.17) is 4.74 Å². The molecular weight excluding hydrogens is 166 g/mol. The summed E-state index contributed by atoms with van der Waals surface area (Å²) in [4.78, 5) is 0. The lowest BCUT2D eigenvalue weighted by Crippen LogP contribution is -2.45. The molecule has 1 fully saturated rings. The molecule has 1 saturated carbocycles. The van der Waals surface area contributed by atoms with E-state index in [9.17, 15) is 5.11 Å². The van der Waals surface area contributed by atoms with Gasteiger partial charge in [-0.05, 0) is 32.6 Å². The van der Waals surface area contributed by atoms with Gasteiger partial charge < -0.3 is 15.2 Å². The van der Waals surface area contributed by atoms with Crippen LogP contribution in [0.2, 0.25) is 0 Å². The van der Waals surface area contributed by atoms with Gasteiger partial charge in [0.2, 0.25) is 0 Å². The SMILES string of the molecule is COCC(O)CNC(C)(C)C1CC1. The van der Waals surface area contributed by atoms with Crippen LogP contribution in [0, 0.1) is 5.92 Å². The Labute approximate surface area is 80.5 Å². The smallest absolute Gasteiger partial charge is 0.0897 e. The highest BCUT2D eigenvalue weighted by atomic mass is 16.5. The second-order valence-corrected chi connectivity index (χ2v) is 4.49. The maximum Gasteiger partial charge on any atom is 0.0897 e. The molecule has 1 atom stereocenters. The van der Waals surface area contributed by atoms with Crippen molar-refractivity contribution in [2.45, 2.75) is 38.3 Å². The first-order chi connectivity index (χ1) is 6.06. The van der Waals surface area contributed by atoms with Crippen LogP contribution in [0.1, 0.15) is 26.7 Å². The standard InChI is InChI=1S/C10H21NO2/c1-10(2,8-4-5-8)11-6-9(12)7-13-3/h8-9,11-12H,4-7H2,1-3H3. The normalized spacial score (nSPS) is 20.3. The van der Waals surface area contributed by atoms with Crippen molar-refractivity contribution < 1.29 is 9.84 Å². The minimum absolute atomic E-state index is 0.175. The van der Waals surface area contributed by atoms with Crippen LogP contribution in [0.3, 0.4) is 0 Å². The summed E-state index contributed by atoms with van der Waals surface area (Å²) in [5.41, 5.74) is 0.175. The molecule has 1 aliphatic rings. The van der Waals surface area contributed by atoms with Crippen molar-refractivity contribution in [3.05, 3.63) is 0 Å². The number of rotatable bonds is 6. The average molecular weight is 187 g/mol. The van der Waals surface area contributed by atoms with Gasteiger partial charge in [0.05, 0.1) is 12.7 Å². The van der Waals surface area contributed by atoms with Gasteiger partial charge in [0.1, 0.15) is 0 Å². The molecule has 3 heteroatoms. The van der Waals surface area contributed by atoms with Crippen molar-refractivity contribution in [1.82, 2.24) is 5.32 Å². The van der Waals surface area contributed by atoms with Gasteiger partial charge in [-0.3, -0.25) is 0 Å². The fraction of sp³-hybridized carbons (Fsp3) is 1.00. The molecule has 0 radical (unpaired) electrons. The van der Waals surface area contributed by atoms with Gasteiger partial charge in [0, 0.05) is 19.2 Å². The number of β-amino-alcohol motifs (C(OH)–C–C–N with tert-alkyl or cyclic N) is 1. The summed E-state index contributed by atoms with van der Waals surface area (Å²) in [6.45, 7) is 5.43. The molecule has 3 nitrogen and oxygen atoms in total. The molecular formula is C10H21NO2. The number of ether oxygens (including phenoxy) is 1. The maximum absolute atomic E-state index is 9.43. The predicted molar refractivity (Wildman–Crippen MR) is 52.7 cm³/mol. The zero-order chi connectivity index (χ0) is 9.90. The fourth-order valence-electron chi connectivity index (χ4n) is 1.58. The van der Waals surface area contributed by atoms with Crippen LogP contribution in [0.4, 0.5) is 0 Å². The summed E-state index contributed by atoms with van der Waals surface area (Å²) in [5, 5.41) is 12.8. The monoisotopic (exact) mass is 187 g/mol. The Bertz CT molecular complexity index is 155. The molecule has 0 aromatic carbocycles. The first-order valence-corrected chi connectivity index (χ1v) is 4.98. The molecule has 0 aromatic rings. The van der Waals surface area contributed by atoms with Crippen LogP contribution in [0.5, 0.6) is 0 Å². The molecule has 0 amide bonds. The number of hydrogen-bond acceptors (Lipinski definition) is 3. The summed E-state index contributed by atoms with van der Waals surface area (Å²) in [5.74, 6) is 0.794. The van der Waals surface area contributed by atoms with Crippen molar-refractivity contribution in [2.75, 3.05) is 20.3 Å². The Kier molecular flexibility index (Phi) is 3.71. The van der Waals surface area contributed by atoms with E-state index >= 15 is 0 Å². The maximum atomic E-state index is 9.43. The lowest BCUT2D eigenvalue weighted by Gasteiger charge is -2.27. The minimum atomic E-state index is -0.386. The number of hydrogen-bond donors (Lipinski definition) is 2. The van der Waals surface area contributed by atoms with E-state index in [1.54, 1.807) is 7.11 Å². The van der Waals surface area contributed by atoms with Gasteiger partial charge in [-0.25, -0.2) is 0 Å². The van der Waals surface area contributed by atoms with Crippen LogP contribution in [0.25, 0.3) is 0 Å². The van der Waals surface area contributed by atoms with Gasteiger partial charge >= 0.3 is 0 Å². The van der Waals surface area contributed by atoms with E-state index in [0.717, 1.165) is 5.92 Å². The number of nitrogens with one attached hydrogen (secondary N) is 1. The molecule has 0 spiro atoms. The molecule has 0 saturated heterocycles. The highest BCUT2D eigenvalue weighted by Gasteiger charge is 2.37. The van der Waals surface area contributed by atoms with Gasteiger partial charge in [0.15, 0.2) is 0 Å². The number of aliphatic hydroxyl groups excluding tert-OH is 1. The Morgan fingerprint density at radius 3 is 2.62 bits per heavy atom. The molecule has 0 aliphatic heterocycles.